The second-order valence-electron chi connectivity index (χ2n) is 7.18. The lowest BCUT2D eigenvalue weighted by molar-refractivity contribution is -0.120. The van der Waals surface area contributed by atoms with Gasteiger partial charge in [-0.2, -0.15) is 0 Å². The number of hydrogen-bond acceptors (Lipinski definition) is 5. The summed E-state index contributed by atoms with van der Waals surface area (Å²) in [5, 5.41) is 1.32. The van der Waals surface area contributed by atoms with Gasteiger partial charge in [0.15, 0.2) is 0 Å². The Balaban J connectivity index is 1.58. The van der Waals surface area contributed by atoms with Crippen LogP contribution in [0.2, 0.25) is 0 Å². The van der Waals surface area contributed by atoms with E-state index in [1.807, 2.05) is 4.90 Å². The highest BCUT2D eigenvalue weighted by atomic mass is 19.1. The third-order valence-corrected chi connectivity index (χ3v) is 5.26. The molecule has 2 saturated heterocycles. The van der Waals surface area contributed by atoms with Crippen LogP contribution in [0.4, 0.5) is 8.78 Å². The van der Waals surface area contributed by atoms with Crippen molar-refractivity contribution >= 4 is 11.8 Å². The van der Waals surface area contributed by atoms with Crippen LogP contribution in [-0.4, -0.2) is 50.3 Å². The zero-order valence-electron chi connectivity index (χ0n) is 15.1. The molecule has 2 aliphatic rings. The molecule has 0 bridgehead atoms. The van der Waals surface area contributed by atoms with Crippen LogP contribution in [0.5, 0.6) is 0 Å². The number of amides is 2. The fourth-order valence-corrected chi connectivity index (χ4v) is 4.03. The van der Waals surface area contributed by atoms with Crippen molar-refractivity contribution in [3.63, 3.8) is 0 Å². The van der Waals surface area contributed by atoms with E-state index in [1.54, 1.807) is 0 Å². The summed E-state index contributed by atoms with van der Waals surface area (Å²) in [7, 11) is 0. The highest BCUT2D eigenvalue weighted by Crippen LogP contribution is 2.35. The molecule has 1 spiro atoms. The molecule has 2 aliphatic heterocycles. The van der Waals surface area contributed by atoms with Crippen molar-refractivity contribution in [2.45, 2.75) is 31.3 Å². The molecule has 1 N–H and O–H groups in total. The highest BCUT2D eigenvalue weighted by Gasteiger charge is 2.50. The number of halogens is 2. The second kappa shape index (κ2) is 7.23. The van der Waals surface area contributed by atoms with Crippen molar-refractivity contribution in [1.29, 1.82) is 0 Å². The maximum absolute atomic E-state index is 14.0. The molecular weight excluding hydrogens is 368 g/mol. The van der Waals surface area contributed by atoms with Gasteiger partial charge in [-0.3, -0.25) is 24.9 Å². The molecule has 2 fully saturated rings. The first kappa shape index (κ1) is 18.4. The van der Waals surface area contributed by atoms with Gasteiger partial charge in [0, 0.05) is 31.0 Å². The number of piperidine rings is 1. The molecule has 146 valence electrons. The second-order valence-corrected chi connectivity index (χ2v) is 7.18. The number of nitrogens with one attached hydrogen (secondary N) is 1. The number of hydrazine groups is 1. The lowest BCUT2D eigenvalue weighted by Gasteiger charge is -2.44. The number of rotatable bonds is 3. The predicted molar refractivity (Wildman–Crippen MR) is 94.6 cm³/mol. The van der Waals surface area contributed by atoms with Crippen LogP contribution < -0.4 is 5.43 Å². The van der Waals surface area contributed by atoms with Crippen LogP contribution in [0, 0.1) is 11.6 Å². The molecule has 4 rings (SSSR count). The van der Waals surface area contributed by atoms with Crippen molar-refractivity contribution in [2.24, 2.45) is 0 Å². The lowest BCUT2D eigenvalue weighted by atomic mass is 9.85. The van der Waals surface area contributed by atoms with Crippen LogP contribution in [0.1, 0.15) is 35.3 Å². The van der Waals surface area contributed by atoms with Crippen molar-refractivity contribution < 1.29 is 18.4 Å². The van der Waals surface area contributed by atoms with Gasteiger partial charge in [0.2, 0.25) is 5.91 Å². The van der Waals surface area contributed by atoms with Gasteiger partial charge in [-0.05, 0) is 31.5 Å². The largest absolute Gasteiger partial charge is 0.296 e. The van der Waals surface area contributed by atoms with E-state index in [4.69, 9.17) is 0 Å². The number of hydrogen-bond donors (Lipinski definition) is 1. The zero-order valence-corrected chi connectivity index (χ0v) is 15.1. The topological polar surface area (TPSA) is 78.4 Å². The average Bonchev–Trinajstić information content (AvgIpc) is 3.00. The quantitative estimate of drug-likeness (QED) is 0.867. The van der Waals surface area contributed by atoms with Crippen LogP contribution in [0.25, 0.3) is 0 Å². The molecule has 1 aromatic heterocycles. The Labute approximate surface area is 160 Å². The number of benzene rings is 1. The molecule has 1 unspecified atom stereocenters. The number of nitrogens with zero attached hydrogens (tertiary/aromatic N) is 4. The van der Waals surface area contributed by atoms with Gasteiger partial charge in [-0.25, -0.2) is 18.8 Å². The third-order valence-electron chi connectivity index (χ3n) is 5.26. The Morgan fingerprint density at radius 2 is 2.04 bits per heavy atom. The molecule has 0 radical (unpaired) electrons. The maximum Gasteiger partial charge on any atom is 0.293 e. The standard InChI is InChI=1S/C19H19F2N5O2/c20-14-3-1-4-15(21)13(14)11-25-8-2-5-19(12-25)9-17(27)24-26(19)18(28)16-10-22-6-7-23-16/h1,3-4,6-7,10H,2,5,8-9,11-12H2,(H,24,27). The van der Waals surface area contributed by atoms with Gasteiger partial charge in [-0.15, -0.1) is 0 Å². The van der Waals surface area contributed by atoms with E-state index in [0.29, 0.717) is 25.9 Å². The van der Waals surface area contributed by atoms with Crippen molar-refractivity contribution in [1.82, 2.24) is 25.3 Å². The average molecular weight is 387 g/mol. The minimum Gasteiger partial charge on any atom is -0.296 e. The first-order valence-corrected chi connectivity index (χ1v) is 9.04. The minimum atomic E-state index is -0.786. The molecule has 9 heteroatoms. The van der Waals surface area contributed by atoms with E-state index in [2.05, 4.69) is 15.4 Å². The van der Waals surface area contributed by atoms with Crippen molar-refractivity contribution in [2.75, 3.05) is 13.1 Å². The van der Waals surface area contributed by atoms with Crippen LogP contribution in [0.3, 0.4) is 0 Å². The van der Waals surface area contributed by atoms with Crippen LogP contribution >= 0.6 is 0 Å². The summed E-state index contributed by atoms with van der Waals surface area (Å²) in [5.41, 5.74) is 1.95. The molecule has 2 amide bonds. The number of aromatic nitrogens is 2. The van der Waals surface area contributed by atoms with Crippen molar-refractivity contribution in [3.05, 3.63) is 59.7 Å². The van der Waals surface area contributed by atoms with Gasteiger partial charge in [0.1, 0.15) is 17.3 Å². The van der Waals surface area contributed by atoms with Crippen LogP contribution in [-0.2, 0) is 11.3 Å². The fraction of sp³-hybridized carbons (Fsp3) is 0.368. The monoisotopic (exact) mass is 387 g/mol. The summed E-state index contributed by atoms with van der Waals surface area (Å²) >= 11 is 0. The zero-order chi connectivity index (χ0) is 19.7. The first-order valence-electron chi connectivity index (χ1n) is 9.04. The van der Waals surface area contributed by atoms with E-state index in [1.165, 1.54) is 41.8 Å². The fourth-order valence-electron chi connectivity index (χ4n) is 4.03. The maximum atomic E-state index is 14.0. The summed E-state index contributed by atoms with van der Waals surface area (Å²) in [4.78, 5) is 34.9. The van der Waals surface area contributed by atoms with E-state index in [9.17, 15) is 18.4 Å². The smallest absolute Gasteiger partial charge is 0.293 e. The Kier molecular flexibility index (Phi) is 4.76. The molecule has 28 heavy (non-hydrogen) atoms. The van der Waals surface area contributed by atoms with Gasteiger partial charge >= 0.3 is 0 Å². The van der Waals surface area contributed by atoms with Gasteiger partial charge in [0.05, 0.1) is 18.2 Å². The molecule has 2 aromatic rings. The Hall–Kier alpha value is -2.94. The molecule has 7 nitrogen and oxygen atoms in total. The van der Waals surface area contributed by atoms with E-state index >= 15 is 0 Å². The molecule has 1 atom stereocenters. The van der Waals surface area contributed by atoms with E-state index in [-0.39, 0.29) is 30.1 Å². The Morgan fingerprint density at radius 1 is 1.25 bits per heavy atom. The van der Waals surface area contributed by atoms with Gasteiger partial charge in [-0.1, -0.05) is 6.07 Å². The number of likely N-dealkylation sites (tertiary alicyclic amines) is 1. The number of carbonyl (C=O) groups is 2. The van der Waals surface area contributed by atoms with Gasteiger partial charge in [0.25, 0.3) is 5.91 Å². The minimum absolute atomic E-state index is 0.0105. The normalized spacial score (nSPS) is 22.5. The third kappa shape index (κ3) is 3.33. The molecule has 1 aromatic carbocycles. The Morgan fingerprint density at radius 3 is 2.75 bits per heavy atom. The van der Waals surface area contributed by atoms with Crippen LogP contribution in [0.15, 0.2) is 36.8 Å². The summed E-state index contributed by atoms with van der Waals surface area (Å²) < 4.78 is 28.1. The Bertz CT molecular complexity index is 890. The van der Waals surface area contributed by atoms with E-state index in [0.717, 1.165) is 0 Å². The summed E-state index contributed by atoms with van der Waals surface area (Å²) in [6, 6.07) is 3.78. The molecule has 0 saturated carbocycles. The van der Waals surface area contributed by atoms with Crippen molar-refractivity contribution in [3.8, 4) is 0 Å². The predicted octanol–water partition coefficient (Wildman–Crippen LogP) is 1.67. The summed E-state index contributed by atoms with van der Waals surface area (Å²) in [6.45, 7) is 1.02. The van der Waals surface area contributed by atoms with Gasteiger partial charge < -0.3 is 0 Å². The lowest BCUT2D eigenvalue weighted by Crippen LogP contribution is -2.59. The summed E-state index contributed by atoms with van der Waals surface area (Å²) in [6.07, 6.45) is 5.64. The summed E-state index contributed by atoms with van der Waals surface area (Å²) in [5.74, 6) is -1.92. The highest BCUT2D eigenvalue weighted by molar-refractivity contribution is 5.96. The molecule has 0 aliphatic carbocycles. The molecular formula is C19H19F2N5O2. The first-order chi connectivity index (χ1) is 13.5. The SMILES string of the molecule is O=C1CC2(CCCN(Cc3c(F)cccc3F)C2)N(C(=O)c2cnccn2)N1. The number of carbonyl (C=O) groups excluding carboxylic acids is 2. The van der Waals surface area contributed by atoms with E-state index < -0.39 is 23.1 Å². The molecule has 3 heterocycles.